The number of nitrogens with one attached hydrogen (secondary N) is 1. The molecule has 1 heterocycles. The number of nitrogens with zero attached hydrogens (tertiary/aromatic N) is 1. The Balaban J connectivity index is 2.22. The van der Waals surface area contributed by atoms with E-state index in [9.17, 15) is 0 Å². The van der Waals surface area contributed by atoms with E-state index in [4.69, 9.17) is 21.1 Å². The van der Waals surface area contributed by atoms with Crippen LogP contribution in [-0.2, 0) is 0 Å². The van der Waals surface area contributed by atoms with Gasteiger partial charge in [0.25, 0.3) is 0 Å². The second-order valence-corrected chi connectivity index (χ2v) is 5.06. The van der Waals surface area contributed by atoms with Crippen molar-refractivity contribution >= 4 is 17.3 Å². The Bertz CT molecular complexity index is 440. The molecular formula is C14H21ClN2O2. The van der Waals surface area contributed by atoms with Gasteiger partial charge in [-0.25, -0.2) is 0 Å². The van der Waals surface area contributed by atoms with Crippen molar-refractivity contribution in [3.63, 3.8) is 0 Å². The monoisotopic (exact) mass is 284 g/mol. The zero-order valence-electron chi connectivity index (χ0n) is 11.7. The molecule has 0 bridgehead atoms. The van der Waals surface area contributed by atoms with Gasteiger partial charge in [-0.05, 0) is 19.0 Å². The summed E-state index contributed by atoms with van der Waals surface area (Å²) >= 11 is 6.21. The Hall–Kier alpha value is -1.13. The molecule has 0 saturated carbocycles. The lowest BCUT2D eigenvalue weighted by atomic mass is 10.2. The molecule has 106 valence electrons. The van der Waals surface area contributed by atoms with E-state index in [1.165, 1.54) is 0 Å². The van der Waals surface area contributed by atoms with Crippen LogP contribution in [0.5, 0.6) is 11.5 Å². The number of rotatable bonds is 5. The van der Waals surface area contributed by atoms with Crippen molar-refractivity contribution in [1.29, 1.82) is 0 Å². The third-order valence-electron chi connectivity index (χ3n) is 3.48. The van der Waals surface area contributed by atoms with Crippen LogP contribution in [0, 0.1) is 0 Å². The topological polar surface area (TPSA) is 33.7 Å². The molecule has 1 saturated heterocycles. The Kier molecular flexibility index (Phi) is 4.77. The molecule has 2 rings (SSSR count). The maximum absolute atomic E-state index is 6.21. The summed E-state index contributed by atoms with van der Waals surface area (Å²) in [6.45, 7) is 5.12. The zero-order valence-corrected chi connectivity index (χ0v) is 12.5. The minimum absolute atomic E-state index is 0.538. The summed E-state index contributed by atoms with van der Waals surface area (Å²) in [7, 11) is 3.28. The van der Waals surface area contributed by atoms with Crippen LogP contribution in [0.3, 0.4) is 0 Å². The van der Waals surface area contributed by atoms with Gasteiger partial charge in [-0.1, -0.05) is 18.5 Å². The first kappa shape index (κ1) is 14.3. The van der Waals surface area contributed by atoms with E-state index in [0.29, 0.717) is 16.8 Å². The van der Waals surface area contributed by atoms with Crippen LogP contribution in [0.15, 0.2) is 12.1 Å². The van der Waals surface area contributed by atoms with Crippen LogP contribution < -0.4 is 19.7 Å². The molecule has 5 heteroatoms. The van der Waals surface area contributed by atoms with Gasteiger partial charge in [-0.3, -0.25) is 0 Å². The normalized spacial score (nSPS) is 18.7. The molecule has 0 spiro atoms. The predicted molar refractivity (Wildman–Crippen MR) is 78.9 cm³/mol. The summed E-state index contributed by atoms with van der Waals surface area (Å²) in [6, 6.07) is 4.31. The van der Waals surface area contributed by atoms with Crippen LogP contribution in [-0.4, -0.2) is 39.9 Å². The second kappa shape index (κ2) is 6.35. The van der Waals surface area contributed by atoms with Crippen molar-refractivity contribution in [2.75, 3.05) is 38.8 Å². The summed E-state index contributed by atoms with van der Waals surface area (Å²) in [5.74, 6) is 1.45. The Labute approximate surface area is 119 Å². The van der Waals surface area contributed by atoms with Crippen LogP contribution in [0.2, 0.25) is 5.02 Å². The van der Waals surface area contributed by atoms with Gasteiger partial charge >= 0.3 is 0 Å². The molecule has 0 aromatic heterocycles. The first-order valence-electron chi connectivity index (χ1n) is 6.59. The van der Waals surface area contributed by atoms with Gasteiger partial charge in [0.15, 0.2) is 0 Å². The molecule has 1 unspecified atom stereocenters. The zero-order chi connectivity index (χ0) is 13.8. The minimum atomic E-state index is 0.538. The second-order valence-electron chi connectivity index (χ2n) is 4.65. The van der Waals surface area contributed by atoms with Gasteiger partial charge in [0.1, 0.15) is 11.5 Å². The molecule has 4 nitrogen and oxygen atoms in total. The van der Waals surface area contributed by atoms with Crippen molar-refractivity contribution in [2.24, 2.45) is 0 Å². The summed E-state index contributed by atoms with van der Waals surface area (Å²) < 4.78 is 10.7. The van der Waals surface area contributed by atoms with Crippen LogP contribution in [0.4, 0.5) is 5.69 Å². The summed E-state index contributed by atoms with van der Waals surface area (Å²) in [6.07, 6.45) is 1.14. The van der Waals surface area contributed by atoms with Crippen molar-refractivity contribution in [1.82, 2.24) is 5.32 Å². The highest BCUT2D eigenvalue weighted by molar-refractivity contribution is 6.32. The first-order chi connectivity index (χ1) is 9.19. The fourth-order valence-corrected chi connectivity index (χ4v) is 2.76. The molecule has 1 aromatic carbocycles. The number of hydrogen-bond donors (Lipinski definition) is 1. The maximum Gasteiger partial charge on any atom is 0.145 e. The molecule has 1 aliphatic rings. The fourth-order valence-electron chi connectivity index (χ4n) is 2.53. The Morgan fingerprint density at radius 2 is 2.05 bits per heavy atom. The predicted octanol–water partition coefficient (Wildman–Crippen LogP) is 2.55. The number of likely N-dealkylation sites (N-methyl/N-ethyl adjacent to an activating group) is 1. The molecule has 1 aromatic rings. The highest BCUT2D eigenvalue weighted by Gasteiger charge is 2.25. The van der Waals surface area contributed by atoms with E-state index < -0.39 is 0 Å². The molecule has 1 aliphatic heterocycles. The van der Waals surface area contributed by atoms with E-state index in [2.05, 4.69) is 17.1 Å². The van der Waals surface area contributed by atoms with Gasteiger partial charge in [-0.15, -0.1) is 0 Å². The van der Waals surface area contributed by atoms with Crippen LogP contribution >= 0.6 is 11.6 Å². The van der Waals surface area contributed by atoms with Gasteiger partial charge in [0.2, 0.25) is 0 Å². The minimum Gasteiger partial charge on any atom is -0.495 e. The maximum atomic E-state index is 6.21. The summed E-state index contributed by atoms with van der Waals surface area (Å²) in [5, 5.41) is 4.09. The summed E-state index contributed by atoms with van der Waals surface area (Å²) in [4.78, 5) is 2.30. The van der Waals surface area contributed by atoms with Gasteiger partial charge in [0.05, 0.1) is 24.9 Å². The van der Waals surface area contributed by atoms with Gasteiger partial charge in [-0.2, -0.15) is 0 Å². The van der Waals surface area contributed by atoms with Crippen molar-refractivity contribution < 1.29 is 9.47 Å². The smallest absolute Gasteiger partial charge is 0.145 e. The number of anilines is 1. The van der Waals surface area contributed by atoms with Gasteiger partial charge in [0, 0.05) is 25.2 Å². The molecule has 0 radical (unpaired) electrons. The molecule has 0 aliphatic carbocycles. The third-order valence-corrected chi connectivity index (χ3v) is 3.77. The van der Waals surface area contributed by atoms with E-state index in [-0.39, 0.29) is 0 Å². The fraction of sp³-hybridized carbons (Fsp3) is 0.571. The van der Waals surface area contributed by atoms with Gasteiger partial charge < -0.3 is 19.7 Å². The summed E-state index contributed by atoms with van der Waals surface area (Å²) in [5.41, 5.74) is 1.04. The molecular weight excluding hydrogens is 264 g/mol. The van der Waals surface area contributed by atoms with E-state index in [1.54, 1.807) is 14.2 Å². The average Bonchev–Trinajstić information content (AvgIpc) is 2.87. The lowest BCUT2D eigenvalue weighted by Crippen LogP contribution is -2.32. The van der Waals surface area contributed by atoms with Crippen molar-refractivity contribution in [3.8, 4) is 11.5 Å². The van der Waals surface area contributed by atoms with E-state index >= 15 is 0 Å². The number of ether oxygens (including phenoxy) is 2. The highest BCUT2D eigenvalue weighted by Crippen LogP contribution is 2.39. The number of halogens is 1. The SMILES string of the molecule is CCNC1CCN(c2cc(Cl)c(OC)cc2OC)C1. The molecule has 1 N–H and O–H groups in total. The Morgan fingerprint density at radius 3 is 2.68 bits per heavy atom. The van der Waals surface area contributed by atoms with E-state index in [1.807, 2.05) is 12.1 Å². The number of hydrogen-bond acceptors (Lipinski definition) is 4. The number of benzene rings is 1. The van der Waals surface area contributed by atoms with Crippen molar-refractivity contribution in [3.05, 3.63) is 17.2 Å². The average molecular weight is 285 g/mol. The lowest BCUT2D eigenvalue weighted by Gasteiger charge is -2.22. The van der Waals surface area contributed by atoms with Crippen molar-refractivity contribution in [2.45, 2.75) is 19.4 Å². The first-order valence-corrected chi connectivity index (χ1v) is 6.97. The molecule has 1 atom stereocenters. The third kappa shape index (κ3) is 3.07. The Morgan fingerprint density at radius 1 is 1.32 bits per heavy atom. The molecule has 19 heavy (non-hydrogen) atoms. The molecule has 0 amide bonds. The quantitative estimate of drug-likeness (QED) is 0.901. The molecule has 1 fully saturated rings. The van der Waals surface area contributed by atoms with Crippen LogP contribution in [0.25, 0.3) is 0 Å². The highest BCUT2D eigenvalue weighted by atomic mass is 35.5. The largest absolute Gasteiger partial charge is 0.495 e. The van der Waals surface area contributed by atoms with E-state index in [0.717, 1.165) is 37.5 Å². The standard InChI is InChI=1S/C14H21ClN2O2/c1-4-16-10-5-6-17(9-10)12-7-11(15)13(18-2)8-14(12)19-3/h7-8,10,16H,4-6,9H2,1-3H3. The van der Waals surface area contributed by atoms with Crippen LogP contribution in [0.1, 0.15) is 13.3 Å². The lowest BCUT2D eigenvalue weighted by molar-refractivity contribution is 0.394. The number of methoxy groups -OCH3 is 2.